The maximum Gasteiger partial charge on any atom is 1.00 e. The van der Waals surface area contributed by atoms with E-state index in [1.54, 1.807) is 6.92 Å². The summed E-state index contributed by atoms with van der Waals surface area (Å²) in [4.78, 5) is 10.9. The van der Waals surface area contributed by atoms with Gasteiger partial charge in [-0.3, -0.25) is 4.79 Å². The van der Waals surface area contributed by atoms with Crippen molar-refractivity contribution in [3.63, 3.8) is 0 Å². The second-order valence-corrected chi connectivity index (χ2v) is 3.73. The van der Waals surface area contributed by atoms with Crippen LogP contribution in [0.3, 0.4) is 0 Å². The summed E-state index contributed by atoms with van der Waals surface area (Å²) < 4.78 is 10.2. The van der Waals surface area contributed by atoms with Gasteiger partial charge < -0.3 is 10.9 Å². The molecule has 0 fully saturated rings. The fourth-order valence-corrected chi connectivity index (χ4v) is 1.20. The molecule has 5 heteroatoms. The molecule has 1 aromatic rings. The molecule has 0 amide bonds. The molecule has 0 heterocycles. The monoisotopic (exact) mass is 282 g/mol. The SMILES string of the molecule is CCC(=O)OCC(Cl)OCc1ccccc1.[H-].[K+]. The van der Waals surface area contributed by atoms with E-state index in [9.17, 15) is 4.79 Å². The quantitative estimate of drug-likeness (QED) is 0.413. The summed E-state index contributed by atoms with van der Waals surface area (Å²) >= 11 is 5.83. The first-order chi connectivity index (χ1) is 7.72. The summed E-state index contributed by atoms with van der Waals surface area (Å²) in [7, 11) is 0. The van der Waals surface area contributed by atoms with Gasteiger partial charge in [-0.15, -0.1) is 0 Å². The molecule has 90 valence electrons. The van der Waals surface area contributed by atoms with Crippen molar-refractivity contribution in [1.82, 2.24) is 0 Å². The number of benzene rings is 1. The molecule has 17 heavy (non-hydrogen) atoms. The molecule has 0 spiro atoms. The largest absolute Gasteiger partial charge is 1.00 e. The Labute approximate surface area is 151 Å². The second-order valence-electron chi connectivity index (χ2n) is 3.24. The first kappa shape index (κ1) is 17.6. The number of alkyl halides is 1. The van der Waals surface area contributed by atoms with E-state index >= 15 is 0 Å². The Morgan fingerprint density at radius 3 is 2.65 bits per heavy atom. The van der Waals surface area contributed by atoms with Crippen LogP contribution in [0.1, 0.15) is 20.3 Å². The molecular weight excluding hydrogens is 267 g/mol. The van der Waals surface area contributed by atoms with E-state index in [0.29, 0.717) is 13.0 Å². The van der Waals surface area contributed by atoms with Crippen molar-refractivity contribution in [2.24, 2.45) is 0 Å². The predicted molar refractivity (Wildman–Crippen MR) is 63.2 cm³/mol. The Kier molecular flexibility index (Phi) is 10.9. The summed E-state index contributed by atoms with van der Waals surface area (Å²) in [6.07, 6.45) is 0.349. The Balaban J connectivity index is 0. The van der Waals surface area contributed by atoms with Gasteiger partial charge in [-0.25, -0.2) is 0 Å². The van der Waals surface area contributed by atoms with Crippen molar-refractivity contribution in [3.8, 4) is 0 Å². The topological polar surface area (TPSA) is 35.5 Å². The number of carbonyl (C=O) groups excluding carboxylic acids is 1. The Morgan fingerprint density at radius 2 is 2.06 bits per heavy atom. The van der Waals surface area contributed by atoms with Crippen LogP contribution < -0.4 is 51.4 Å². The van der Waals surface area contributed by atoms with Gasteiger partial charge in [0.25, 0.3) is 0 Å². The molecule has 0 radical (unpaired) electrons. The summed E-state index contributed by atoms with van der Waals surface area (Å²) in [5.41, 5.74) is 0.436. The van der Waals surface area contributed by atoms with Crippen molar-refractivity contribution in [1.29, 1.82) is 0 Å². The Hall–Kier alpha value is 0.576. The van der Waals surface area contributed by atoms with Crippen molar-refractivity contribution in [2.45, 2.75) is 25.5 Å². The van der Waals surface area contributed by atoms with Gasteiger partial charge >= 0.3 is 57.4 Å². The number of halogens is 1. The average molecular weight is 283 g/mol. The van der Waals surface area contributed by atoms with Gasteiger partial charge in [-0.05, 0) is 5.56 Å². The van der Waals surface area contributed by atoms with Gasteiger partial charge in [-0.1, -0.05) is 48.9 Å². The number of rotatable bonds is 6. The minimum absolute atomic E-state index is 0. The van der Waals surface area contributed by atoms with Crippen molar-refractivity contribution < 1.29 is 67.1 Å². The molecule has 1 unspecified atom stereocenters. The smallest absolute Gasteiger partial charge is 1.00 e. The van der Waals surface area contributed by atoms with Crippen LogP contribution in [0.15, 0.2) is 30.3 Å². The molecule has 0 aliphatic rings. The molecule has 0 saturated carbocycles. The number of hydrogen-bond acceptors (Lipinski definition) is 3. The number of ether oxygens (including phenoxy) is 2. The molecule has 1 rings (SSSR count). The normalized spacial score (nSPS) is 11.4. The van der Waals surface area contributed by atoms with Crippen LogP contribution in [-0.4, -0.2) is 18.1 Å². The summed E-state index contributed by atoms with van der Waals surface area (Å²) in [5.74, 6) is -0.269. The van der Waals surface area contributed by atoms with Gasteiger partial charge in [0, 0.05) is 6.42 Å². The van der Waals surface area contributed by atoms with Gasteiger partial charge in [0.05, 0.1) is 6.61 Å². The molecule has 1 atom stereocenters. The van der Waals surface area contributed by atoms with Crippen LogP contribution in [-0.2, 0) is 20.9 Å². The van der Waals surface area contributed by atoms with Crippen molar-refractivity contribution >= 4 is 17.6 Å². The first-order valence-electron chi connectivity index (χ1n) is 5.17. The molecule has 0 aliphatic carbocycles. The van der Waals surface area contributed by atoms with Crippen molar-refractivity contribution in [3.05, 3.63) is 35.9 Å². The first-order valence-corrected chi connectivity index (χ1v) is 5.61. The summed E-state index contributed by atoms with van der Waals surface area (Å²) in [6.45, 7) is 2.23. The zero-order valence-electron chi connectivity index (χ0n) is 11.2. The zero-order chi connectivity index (χ0) is 11.8. The molecule has 0 bridgehead atoms. The summed E-state index contributed by atoms with van der Waals surface area (Å²) in [6, 6.07) is 9.69. The molecule has 0 aliphatic heterocycles. The zero-order valence-corrected chi connectivity index (χ0v) is 14.1. The van der Waals surface area contributed by atoms with E-state index < -0.39 is 5.56 Å². The molecule has 1 aromatic carbocycles. The third-order valence-electron chi connectivity index (χ3n) is 1.94. The number of esters is 1. The van der Waals surface area contributed by atoms with Gasteiger partial charge in [-0.2, -0.15) is 0 Å². The van der Waals surface area contributed by atoms with E-state index in [2.05, 4.69) is 0 Å². The third kappa shape index (κ3) is 8.32. The fraction of sp³-hybridized carbons (Fsp3) is 0.417. The number of hydrogen-bond donors (Lipinski definition) is 0. The predicted octanol–water partition coefficient (Wildman–Crippen LogP) is -0.162. The van der Waals surface area contributed by atoms with E-state index in [0.717, 1.165) is 5.56 Å². The van der Waals surface area contributed by atoms with E-state index in [1.807, 2.05) is 30.3 Å². The average Bonchev–Trinajstić information content (AvgIpc) is 2.34. The van der Waals surface area contributed by atoms with E-state index in [-0.39, 0.29) is 65.4 Å². The molecule has 3 nitrogen and oxygen atoms in total. The number of carbonyl (C=O) groups is 1. The molecular formula is C12H16ClKO3. The molecule has 0 saturated heterocycles. The Morgan fingerprint density at radius 1 is 1.41 bits per heavy atom. The van der Waals surface area contributed by atoms with Crippen molar-refractivity contribution in [2.75, 3.05) is 6.61 Å². The third-order valence-corrected chi connectivity index (χ3v) is 2.19. The maximum atomic E-state index is 10.9. The van der Waals surface area contributed by atoms with Crippen LogP contribution in [0.5, 0.6) is 0 Å². The van der Waals surface area contributed by atoms with Crippen LogP contribution in [0.2, 0.25) is 0 Å². The van der Waals surface area contributed by atoms with Gasteiger partial charge in [0.2, 0.25) is 0 Å². The van der Waals surface area contributed by atoms with E-state index in [1.165, 1.54) is 0 Å². The standard InChI is InChI=1S/C12H15ClO3.K.H/c1-2-12(14)16-9-11(13)15-8-10-6-4-3-5-7-10;;/h3-7,11H,2,8-9H2,1H3;;/q;+1;-1. The molecule has 0 N–H and O–H groups in total. The minimum Gasteiger partial charge on any atom is -1.00 e. The van der Waals surface area contributed by atoms with Crippen LogP contribution in [0.4, 0.5) is 0 Å². The van der Waals surface area contributed by atoms with Crippen LogP contribution in [0.25, 0.3) is 0 Å². The second kappa shape index (κ2) is 10.5. The fourth-order valence-electron chi connectivity index (χ4n) is 1.07. The Bertz CT molecular complexity index is 324. The van der Waals surface area contributed by atoms with Gasteiger partial charge in [0.1, 0.15) is 6.61 Å². The van der Waals surface area contributed by atoms with Crippen LogP contribution >= 0.6 is 11.6 Å². The molecule has 0 aromatic heterocycles. The van der Waals surface area contributed by atoms with Crippen LogP contribution in [0, 0.1) is 0 Å². The minimum atomic E-state index is -0.601. The summed E-state index contributed by atoms with van der Waals surface area (Å²) in [5, 5.41) is 0. The maximum absolute atomic E-state index is 10.9. The van der Waals surface area contributed by atoms with Gasteiger partial charge in [0.15, 0.2) is 5.56 Å². The van der Waals surface area contributed by atoms with E-state index in [4.69, 9.17) is 21.1 Å².